The summed E-state index contributed by atoms with van der Waals surface area (Å²) in [6.45, 7) is 0.291. The van der Waals surface area contributed by atoms with Crippen LogP contribution in [0.4, 0.5) is 13.2 Å². The van der Waals surface area contributed by atoms with Crippen molar-refractivity contribution in [2.24, 2.45) is 5.92 Å². The maximum Gasteiger partial charge on any atom is 0.411 e. The standard InChI is InChI=1S/C16H20F3NO3/c17-16(18,19)11-23-10-13-3-1-12(2-4-13)9-20-15(21)14-5-7-22-8-6-14/h1-4,14H,5-11H2,(H,20,21). The lowest BCUT2D eigenvalue weighted by atomic mass is 9.99. The van der Waals surface area contributed by atoms with E-state index in [4.69, 9.17) is 4.74 Å². The van der Waals surface area contributed by atoms with Gasteiger partial charge in [-0.3, -0.25) is 4.79 Å². The third kappa shape index (κ3) is 6.58. The van der Waals surface area contributed by atoms with Gasteiger partial charge in [0.1, 0.15) is 6.61 Å². The van der Waals surface area contributed by atoms with Crippen LogP contribution in [0.3, 0.4) is 0 Å². The van der Waals surface area contributed by atoms with E-state index in [1.807, 2.05) is 0 Å². The number of ether oxygens (including phenoxy) is 2. The van der Waals surface area contributed by atoms with Gasteiger partial charge in [0, 0.05) is 25.7 Å². The first-order chi connectivity index (χ1) is 10.9. The van der Waals surface area contributed by atoms with Gasteiger partial charge in [0.15, 0.2) is 0 Å². The highest BCUT2D eigenvalue weighted by Gasteiger charge is 2.27. The lowest BCUT2D eigenvalue weighted by Crippen LogP contribution is -2.33. The quantitative estimate of drug-likeness (QED) is 0.872. The zero-order valence-electron chi connectivity index (χ0n) is 12.7. The average molecular weight is 331 g/mol. The number of rotatable bonds is 6. The van der Waals surface area contributed by atoms with Gasteiger partial charge in [0.2, 0.25) is 5.91 Å². The third-order valence-electron chi connectivity index (χ3n) is 3.62. The van der Waals surface area contributed by atoms with E-state index in [1.165, 1.54) is 0 Å². The van der Waals surface area contributed by atoms with Crippen LogP contribution in [0.5, 0.6) is 0 Å². The Morgan fingerprint density at radius 2 is 1.78 bits per heavy atom. The van der Waals surface area contributed by atoms with Gasteiger partial charge in [-0.05, 0) is 24.0 Å². The molecule has 1 fully saturated rings. The molecule has 1 aliphatic rings. The first kappa shape index (κ1) is 17.7. The molecular formula is C16H20F3NO3. The summed E-state index contributed by atoms with van der Waals surface area (Å²) in [5.41, 5.74) is 1.55. The van der Waals surface area contributed by atoms with Crippen LogP contribution in [0.25, 0.3) is 0 Å². The molecule has 1 aromatic carbocycles. The van der Waals surface area contributed by atoms with E-state index in [1.54, 1.807) is 24.3 Å². The fourth-order valence-electron chi connectivity index (χ4n) is 2.33. The van der Waals surface area contributed by atoms with Gasteiger partial charge in [-0.25, -0.2) is 0 Å². The van der Waals surface area contributed by atoms with Gasteiger partial charge < -0.3 is 14.8 Å². The zero-order valence-corrected chi connectivity index (χ0v) is 12.7. The Hall–Kier alpha value is -1.60. The molecular weight excluding hydrogens is 311 g/mol. The molecule has 1 N–H and O–H groups in total. The fourth-order valence-corrected chi connectivity index (χ4v) is 2.33. The number of alkyl halides is 3. The molecule has 0 spiro atoms. The van der Waals surface area contributed by atoms with E-state index in [9.17, 15) is 18.0 Å². The molecule has 4 nitrogen and oxygen atoms in total. The molecule has 7 heteroatoms. The number of carbonyl (C=O) groups excluding carboxylic acids is 1. The summed E-state index contributed by atoms with van der Waals surface area (Å²) in [6.07, 6.45) is -2.84. The summed E-state index contributed by atoms with van der Waals surface area (Å²) < 4.78 is 45.7. The fraction of sp³-hybridized carbons (Fsp3) is 0.562. The highest BCUT2D eigenvalue weighted by atomic mass is 19.4. The molecule has 1 aliphatic heterocycles. The molecule has 1 amide bonds. The van der Waals surface area contributed by atoms with Crippen LogP contribution in [0.2, 0.25) is 0 Å². The Kier molecular flexibility index (Phi) is 6.41. The molecule has 1 heterocycles. The first-order valence-electron chi connectivity index (χ1n) is 7.52. The van der Waals surface area contributed by atoms with Crippen molar-refractivity contribution in [3.05, 3.63) is 35.4 Å². The van der Waals surface area contributed by atoms with Gasteiger partial charge in [0.25, 0.3) is 0 Å². The van der Waals surface area contributed by atoms with Crippen LogP contribution >= 0.6 is 0 Å². The largest absolute Gasteiger partial charge is 0.411 e. The molecule has 0 atom stereocenters. The van der Waals surface area contributed by atoms with Crippen LogP contribution < -0.4 is 5.32 Å². The SMILES string of the molecule is O=C(NCc1ccc(COCC(F)(F)F)cc1)C1CCOCC1. The predicted molar refractivity (Wildman–Crippen MR) is 77.5 cm³/mol. The molecule has 23 heavy (non-hydrogen) atoms. The maximum absolute atomic E-state index is 12.0. The van der Waals surface area contributed by atoms with Gasteiger partial charge >= 0.3 is 6.18 Å². The summed E-state index contributed by atoms with van der Waals surface area (Å²) in [4.78, 5) is 12.0. The highest BCUT2D eigenvalue weighted by molar-refractivity contribution is 5.78. The summed E-state index contributed by atoms with van der Waals surface area (Å²) in [7, 11) is 0. The molecule has 0 bridgehead atoms. The maximum atomic E-state index is 12.0. The number of benzene rings is 1. The molecule has 128 valence electrons. The Morgan fingerprint density at radius 3 is 2.39 bits per heavy atom. The number of hydrogen-bond donors (Lipinski definition) is 1. The summed E-state index contributed by atoms with van der Waals surface area (Å²) in [5, 5.41) is 2.88. The van der Waals surface area contributed by atoms with Crippen molar-refractivity contribution in [1.29, 1.82) is 0 Å². The second-order valence-corrected chi connectivity index (χ2v) is 5.53. The second kappa shape index (κ2) is 8.31. The number of amides is 1. The average Bonchev–Trinajstić information content (AvgIpc) is 2.53. The summed E-state index contributed by atoms with van der Waals surface area (Å²) in [6, 6.07) is 6.95. The predicted octanol–water partition coefficient (Wildman–Crippen LogP) is 2.81. The van der Waals surface area contributed by atoms with Crippen molar-refractivity contribution >= 4 is 5.91 Å². The van der Waals surface area contributed by atoms with Crippen molar-refractivity contribution in [1.82, 2.24) is 5.32 Å². The van der Waals surface area contributed by atoms with E-state index >= 15 is 0 Å². The minimum absolute atomic E-state index is 0.00112. The zero-order chi connectivity index (χ0) is 16.7. The minimum Gasteiger partial charge on any atom is -0.381 e. The van der Waals surface area contributed by atoms with E-state index < -0.39 is 12.8 Å². The molecule has 0 aromatic heterocycles. The van der Waals surface area contributed by atoms with Gasteiger partial charge in [0.05, 0.1) is 6.61 Å². The number of nitrogens with one attached hydrogen (secondary N) is 1. The van der Waals surface area contributed by atoms with E-state index in [2.05, 4.69) is 10.1 Å². The topological polar surface area (TPSA) is 47.6 Å². The van der Waals surface area contributed by atoms with Crippen molar-refractivity contribution in [3.8, 4) is 0 Å². The summed E-state index contributed by atoms with van der Waals surface area (Å²) in [5.74, 6) is 0.0182. The van der Waals surface area contributed by atoms with Gasteiger partial charge in [-0.1, -0.05) is 24.3 Å². The second-order valence-electron chi connectivity index (χ2n) is 5.53. The Morgan fingerprint density at radius 1 is 1.17 bits per heavy atom. The van der Waals surface area contributed by atoms with Crippen molar-refractivity contribution in [2.75, 3.05) is 19.8 Å². The van der Waals surface area contributed by atoms with Crippen LogP contribution in [0, 0.1) is 5.92 Å². The van der Waals surface area contributed by atoms with Crippen molar-refractivity contribution < 1.29 is 27.4 Å². The highest BCUT2D eigenvalue weighted by Crippen LogP contribution is 2.16. The monoisotopic (exact) mass is 331 g/mol. The van der Waals surface area contributed by atoms with Crippen LogP contribution in [0.1, 0.15) is 24.0 Å². The normalized spacial score (nSPS) is 16.3. The number of halogens is 3. The van der Waals surface area contributed by atoms with Crippen molar-refractivity contribution in [3.63, 3.8) is 0 Å². The molecule has 2 rings (SSSR count). The molecule has 0 saturated carbocycles. The molecule has 0 aliphatic carbocycles. The molecule has 0 unspecified atom stereocenters. The first-order valence-corrected chi connectivity index (χ1v) is 7.52. The van der Waals surface area contributed by atoms with Gasteiger partial charge in [-0.15, -0.1) is 0 Å². The van der Waals surface area contributed by atoms with Crippen LogP contribution in [0.15, 0.2) is 24.3 Å². The molecule has 0 radical (unpaired) electrons. The van der Waals surface area contributed by atoms with E-state index in [0.29, 0.717) is 25.3 Å². The van der Waals surface area contributed by atoms with Gasteiger partial charge in [-0.2, -0.15) is 13.2 Å². The minimum atomic E-state index is -4.31. The van der Waals surface area contributed by atoms with Crippen LogP contribution in [-0.4, -0.2) is 31.9 Å². The Bertz CT molecular complexity index is 496. The third-order valence-corrected chi connectivity index (χ3v) is 3.62. The van der Waals surface area contributed by atoms with Crippen molar-refractivity contribution in [2.45, 2.75) is 32.2 Å². The number of carbonyl (C=O) groups is 1. The van der Waals surface area contributed by atoms with Crippen LogP contribution in [-0.2, 0) is 27.4 Å². The molecule has 1 aromatic rings. The lowest BCUT2D eigenvalue weighted by Gasteiger charge is -2.21. The Balaban J connectivity index is 1.73. The van der Waals surface area contributed by atoms with E-state index in [0.717, 1.165) is 18.4 Å². The lowest BCUT2D eigenvalue weighted by molar-refractivity contribution is -0.176. The smallest absolute Gasteiger partial charge is 0.381 e. The Labute approximate surface area is 133 Å². The number of hydrogen-bond acceptors (Lipinski definition) is 3. The summed E-state index contributed by atoms with van der Waals surface area (Å²) >= 11 is 0. The molecule has 1 saturated heterocycles. The van der Waals surface area contributed by atoms with E-state index in [-0.39, 0.29) is 18.4 Å².